The van der Waals surface area contributed by atoms with Gasteiger partial charge in [-0.05, 0) is 49.1 Å². The van der Waals surface area contributed by atoms with Crippen molar-refractivity contribution in [2.24, 2.45) is 5.92 Å². The van der Waals surface area contributed by atoms with E-state index >= 15 is 0 Å². The van der Waals surface area contributed by atoms with E-state index in [-0.39, 0.29) is 0 Å². The van der Waals surface area contributed by atoms with Crippen molar-refractivity contribution in [1.82, 2.24) is 4.98 Å². The maximum atomic E-state index is 11.5. The third-order valence-electron chi connectivity index (χ3n) is 5.15. The number of benzene rings is 2. The van der Waals surface area contributed by atoms with Gasteiger partial charge in [0.2, 0.25) is 0 Å². The highest BCUT2D eigenvalue weighted by Gasteiger charge is 2.39. The summed E-state index contributed by atoms with van der Waals surface area (Å²) < 4.78 is 6.72. The lowest BCUT2D eigenvalue weighted by atomic mass is 9.82. The van der Waals surface area contributed by atoms with E-state index in [1.54, 1.807) is 11.8 Å². The Balaban J connectivity index is 1.46. The number of carbonyl (C=O) groups is 2. The van der Waals surface area contributed by atoms with Gasteiger partial charge in [0, 0.05) is 16.5 Å². The molecule has 1 heterocycles. The molecule has 0 fully saturated rings. The van der Waals surface area contributed by atoms with Crippen LogP contribution in [0, 0.1) is 5.92 Å². The summed E-state index contributed by atoms with van der Waals surface area (Å²) in [5.74, 6) is -2.31. The van der Waals surface area contributed by atoms with Crippen LogP contribution in [0.25, 0.3) is 0 Å². The van der Waals surface area contributed by atoms with E-state index in [1.807, 2.05) is 54.6 Å². The van der Waals surface area contributed by atoms with E-state index in [0.717, 1.165) is 44.8 Å². The first kappa shape index (κ1) is 21.4. The molecule has 0 radical (unpaired) electrons. The minimum absolute atomic E-state index is 0.520. The van der Waals surface area contributed by atoms with Crippen LogP contribution >= 0.6 is 23.1 Å². The Hall–Kier alpha value is -2.84. The van der Waals surface area contributed by atoms with Gasteiger partial charge in [0.15, 0.2) is 10.3 Å². The molecule has 160 valence electrons. The molecule has 1 aromatic heterocycles. The number of rotatable bonds is 8. The van der Waals surface area contributed by atoms with Gasteiger partial charge in [-0.3, -0.25) is 9.59 Å². The van der Waals surface area contributed by atoms with E-state index in [9.17, 15) is 19.8 Å². The van der Waals surface area contributed by atoms with E-state index in [0.29, 0.717) is 12.2 Å². The molecule has 31 heavy (non-hydrogen) atoms. The highest BCUT2D eigenvalue weighted by Crippen LogP contribution is 2.43. The quantitative estimate of drug-likeness (QED) is 0.345. The molecule has 1 aliphatic carbocycles. The van der Waals surface area contributed by atoms with Crippen molar-refractivity contribution in [2.45, 2.75) is 35.3 Å². The lowest BCUT2D eigenvalue weighted by Crippen LogP contribution is -2.31. The summed E-state index contributed by atoms with van der Waals surface area (Å²) in [5.41, 5.74) is 1.93. The summed E-state index contributed by atoms with van der Waals surface area (Å²) in [7, 11) is 0. The first-order valence-electron chi connectivity index (χ1n) is 9.91. The van der Waals surface area contributed by atoms with Gasteiger partial charge in [0.25, 0.3) is 0 Å². The minimum Gasteiger partial charge on any atom is -0.481 e. The molecule has 4 rings (SSSR count). The number of aryl methyl sites for hydroxylation is 1. The number of carboxylic acid groups (broad SMARTS) is 2. The number of hydrogen-bond acceptors (Lipinski definition) is 6. The molecule has 1 unspecified atom stereocenters. The van der Waals surface area contributed by atoms with Gasteiger partial charge in [0.1, 0.15) is 11.5 Å². The zero-order valence-corrected chi connectivity index (χ0v) is 18.2. The molecule has 0 saturated heterocycles. The maximum Gasteiger partial charge on any atom is 0.318 e. The van der Waals surface area contributed by atoms with Crippen LogP contribution in [0.3, 0.4) is 0 Å². The summed E-state index contributed by atoms with van der Waals surface area (Å²) in [6.07, 6.45) is 2.07. The molecule has 3 aromatic rings. The van der Waals surface area contributed by atoms with E-state index in [4.69, 9.17) is 4.74 Å². The van der Waals surface area contributed by atoms with E-state index in [2.05, 4.69) is 4.98 Å². The van der Waals surface area contributed by atoms with Gasteiger partial charge >= 0.3 is 11.9 Å². The summed E-state index contributed by atoms with van der Waals surface area (Å²) in [5, 5.41) is 18.8. The van der Waals surface area contributed by atoms with Crippen molar-refractivity contribution in [1.29, 1.82) is 0 Å². The van der Waals surface area contributed by atoms with Gasteiger partial charge in [-0.25, -0.2) is 4.98 Å². The number of hydrogen-bond donors (Lipinski definition) is 2. The van der Waals surface area contributed by atoms with Crippen molar-refractivity contribution in [3.05, 3.63) is 70.7 Å². The van der Waals surface area contributed by atoms with Crippen molar-refractivity contribution in [2.75, 3.05) is 0 Å². The predicted molar refractivity (Wildman–Crippen MR) is 119 cm³/mol. The Morgan fingerprint density at radius 3 is 2.58 bits per heavy atom. The van der Waals surface area contributed by atoms with E-state index < -0.39 is 23.8 Å². The fourth-order valence-electron chi connectivity index (χ4n) is 3.73. The number of aromatic nitrogens is 1. The molecule has 6 nitrogen and oxygen atoms in total. The second kappa shape index (κ2) is 9.53. The van der Waals surface area contributed by atoms with Gasteiger partial charge in [-0.15, -0.1) is 11.3 Å². The smallest absolute Gasteiger partial charge is 0.318 e. The van der Waals surface area contributed by atoms with Gasteiger partial charge in [-0.1, -0.05) is 42.1 Å². The number of ether oxygens (including phenoxy) is 1. The highest BCUT2D eigenvalue weighted by molar-refractivity contribution is 8.00. The number of aliphatic carboxylic acids is 2. The van der Waals surface area contributed by atoms with Crippen molar-refractivity contribution >= 4 is 35.0 Å². The second-order valence-electron chi connectivity index (χ2n) is 7.29. The molecule has 1 aliphatic rings. The first-order valence-corrected chi connectivity index (χ1v) is 11.7. The Morgan fingerprint density at radius 2 is 1.84 bits per heavy atom. The number of carboxylic acids is 2. The topological polar surface area (TPSA) is 96.7 Å². The average molecular weight is 456 g/mol. The second-order valence-corrected chi connectivity index (χ2v) is 9.55. The summed E-state index contributed by atoms with van der Waals surface area (Å²) in [6.45, 7) is 0. The van der Waals surface area contributed by atoms with Crippen LogP contribution in [0.4, 0.5) is 0 Å². The molecule has 2 N–H and O–H groups in total. The van der Waals surface area contributed by atoms with Crippen LogP contribution in [-0.2, 0) is 21.8 Å². The number of fused-ring (bicyclic) bond motifs is 1. The van der Waals surface area contributed by atoms with Crippen molar-refractivity contribution < 1.29 is 24.5 Å². The van der Waals surface area contributed by atoms with Crippen LogP contribution in [0.1, 0.15) is 34.9 Å². The Bertz CT molecular complexity index is 1070. The lowest BCUT2D eigenvalue weighted by Gasteiger charge is -2.24. The zero-order valence-electron chi connectivity index (χ0n) is 16.6. The SMILES string of the molecule is O=C(O)C(C(=O)O)C1CCCc2nc(SCc3cccc(Oc4ccccc4)c3)sc21. The highest BCUT2D eigenvalue weighted by atomic mass is 32.2. The number of thioether (sulfide) groups is 1. The van der Waals surface area contributed by atoms with Gasteiger partial charge in [-0.2, -0.15) is 0 Å². The van der Waals surface area contributed by atoms with Crippen LogP contribution in [-0.4, -0.2) is 27.1 Å². The van der Waals surface area contributed by atoms with E-state index in [1.165, 1.54) is 11.3 Å². The molecular weight excluding hydrogens is 434 g/mol. The summed E-state index contributed by atoms with van der Waals surface area (Å²) in [6, 6.07) is 17.4. The number of para-hydroxylation sites is 1. The van der Waals surface area contributed by atoms with Crippen molar-refractivity contribution in [3.8, 4) is 11.5 Å². The Kier molecular flexibility index (Phi) is 6.58. The Labute approximate surface area is 187 Å². The fraction of sp³-hybridized carbons (Fsp3) is 0.261. The first-order chi connectivity index (χ1) is 15.0. The number of thiazole rings is 1. The molecule has 0 saturated carbocycles. The molecule has 1 atom stereocenters. The van der Waals surface area contributed by atoms with Crippen LogP contribution in [0.2, 0.25) is 0 Å². The third-order valence-corrected chi connectivity index (χ3v) is 7.59. The van der Waals surface area contributed by atoms with Crippen LogP contribution in [0.5, 0.6) is 11.5 Å². The van der Waals surface area contributed by atoms with Gasteiger partial charge < -0.3 is 14.9 Å². The molecule has 0 amide bonds. The maximum absolute atomic E-state index is 11.5. The molecule has 0 spiro atoms. The zero-order chi connectivity index (χ0) is 21.8. The monoisotopic (exact) mass is 455 g/mol. The predicted octanol–water partition coefficient (Wildman–Crippen LogP) is 5.43. The van der Waals surface area contributed by atoms with Crippen LogP contribution < -0.4 is 4.74 Å². The van der Waals surface area contributed by atoms with Crippen LogP contribution in [0.15, 0.2) is 58.9 Å². The molecular formula is C23H21NO5S2. The Morgan fingerprint density at radius 1 is 1.10 bits per heavy atom. The lowest BCUT2D eigenvalue weighted by molar-refractivity contribution is -0.155. The molecule has 0 aliphatic heterocycles. The third kappa shape index (κ3) is 5.08. The largest absolute Gasteiger partial charge is 0.481 e. The molecule has 2 aromatic carbocycles. The standard InChI is InChI=1S/C23H21NO5S2/c25-21(26)19(22(27)28)17-10-5-11-18-20(17)31-23(24-18)30-13-14-6-4-9-16(12-14)29-15-7-2-1-3-8-15/h1-4,6-9,12,17,19H,5,10-11,13H2,(H,25,26)(H,27,28). The van der Waals surface area contributed by atoms with Crippen molar-refractivity contribution in [3.63, 3.8) is 0 Å². The fourth-order valence-corrected chi connectivity index (χ4v) is 6.07. The summed E-state index contributed by atoms with van der Waals surface area (Å²) >= 11 is 3.00. The molecule has 0 bridgehead atoms. The average Bonchev–Trinajstić information content (AvgIpc) is 3.17. The molecule has 8 heteroatoms. The summed E-state index contributed by atoms with van der Waals surface area (Å²) in [4.78, 5) is 28.5. The number of nitrogens with zero attached hydrogens (tertiary/aromatic N) is 1. The normalized spacial score (nSPS) is 15.5. The van der Waals surface area contributed by atoms with Gasteiger partial charge in [0.05, 0.1) is 5.69 Å². The minimum atomic E-state index is -1.43.